The van der Waals surface area contributed by atoms with E-state index in [2.05, 4.69) is 11.0 Å². The van der Waals surface area contributed by atoms with Gasteiger partial charge < -0.3 is 14.4 Å². The van der Waals surface area contributed by atoms with Gasteiger partial charge in [0.15, 0.2) is 0 Å². The average Bonchev–Trinajstić information content (AvgIpc) is 3.20. The molecular formula is C22H30N2O4. The molecule has 1 fully saturated rings. The molecule has 28 heavy (non-hydrogen) atoms. The molecule has 0 atom stereocenters. The van der Waals surface area contributed by atoms with Crippen LogP contribution in [0.4, 0.5) is 10.5 Å². The van der Waals surface area contributed by atoms with Crippen LogP contribution in [-0.4, -0.2) is 49.3 Å². The number of hydrogen-bond donors (Lipinski definition) is 0. The lowest BCUT2D eigenvalue weighted by molar-refractivity contribution is 0.0346. The van der Waals surface area contributed by atoms with E-state index in [4.69, 9.17) is 9.47 Å². The van der Waals surface area contributed by atoms with Gasteiger partial charge >= 0.3 is 12.1 Å². The van der Waals surface area contributed by atoms with Crippen LogP contribution in [0.15, 0.2) is 24.3 Å². The van der Waals surface area contributed by atoms with E-state index in [1.807, 2.05) is 32.9 Å². The fourth-order valence-corrected chi connectivity index (χ4v) is 3.69. The summed E-state index contributed by atoms with van der Waals surface area (Å²) in [4.78, 5) is 28.9. The van der Waals surface area contributed by atoms with Crippen molar-refractivity contribution in [1.29, 1.82) is 0 Å². The highest BCUT2D eigenvalue weighted by Gasteiger charge is 2.29. The highest BCUT2D eigenvalue weighted by Crippen LogP contribution is 2.35. The van der Waals surface area contributed by atoms with E-state index in [0.29, 0.717) is 12.1 Å². The first-order chi connectivity index (χ1) is 13.3. The topological polar surface area (TPSA) is 59.1 Å². The number of benzene rings is 1. The Bertz CT molecular complexity index is 773. The van der Waals surface area contributed by atoms with Gasteiger partial charge in [-0.1, -0.05) is 6.08 Å². The highest BCUT2D eigenvalue weighted by molar-refractivity contribution is 5.93. The molecule has 2 aliphatic heterocycles. The summed E-state index contributed by atoms with van der Waals surface area (Å²) in [6, 6.07) is 5.58. The van der Waals surface area contributed by atoms with Crippen molar-refractivity contribution >= 4 is 23.4 Å². The van der Waals surface area contributed by atoms with Crippen LogP contribution >= 0.6 is 0 Å². The smallest absolute Gasteiger partial charge is 0.414 e. The van der Waals surface area contributed by atoms with Gasteiger partial charge in [-0.15, -0.1) is 0 Å². The Hall–Kier alpha value is -2.50. The number of carbonyl (C=O) groups excluding carboxylic acids is 2. The van der Waals surface area contributed by atoms with Crippen molar-refractivity contribution in [2.24, 2.45) is 0 Å². The molecule has 1 saturated heterocycles. The fraction of sp³-hybridized carbons (Fsp3) is 0.545. The molecule has 0 N–H and O–H groups in total. The zero-order chi connectivity index (χ0) is 20.3. The Kier molecular flexibility index (Phi) is 5.96. The van der Waals surface area contributed by atoms with Crippen LogP contribution in [0.2, 0.25) is 0 Å². The maximum atomic E-state index is 12.8. The Labute approximate surface area is 167 Å². The van der Waals surface area contributed by atoms with Gasteiger partial charge in [0.1, 0.15) is 5.60 Å². The lowest BCUT2D eigenvalue weighted by atomic mass is 10.0. The molecule has 1 aromatic rings. The van der Waals surface area contributed by atoms with Crippen molar-refractivity contribution in [2.75, 3.05) is 31.6 Å². The number of anilines is 1. The normalized spacial score (nSPS) is 17.4. The molecule has 0 spiro atoms. The van der Waals surface area contributed by atoms with Crippen molar-refractivity contribution < 1.29 is 19.1 Å². The molecule has 0 bridgehead atoms. The van der Waals surface area contributed by atoms with Crippen LogP contribution < -0.4 is 4.90 Å². The van der Waals surface area contributed by atoms with Crippen LogP contribution in [0.3, 0.4) is 0 Å². The second kappa shape index (κ2) is 8.25. The number of nitrogens with zero attached hydrogens (tertiary/aromatic N) is 2. The van der Waals surface area contributed by atoms with Crippen molar-refractivity contribution in [3.63, 3.8) is 0 Å². The maximum Gasteiger partial charge on any atom is 0.414 e. The molecule has 1 amide bonds. The van der Waals surface area contributed by atoms with Gasteiger partial charge in [-0.3, -0.25) is 4.90 Å². The molecule has 0 radical (unpaired) electrons. The number of carbonyl (C=O) groups is 2. The Morgan fingerprint density at radius 1 is 1.04 bits per heavy atom. The van der Waals surface area contributed by atoms with Gasteiger partial charge in [-0.25, -0.2) is 9.59 Å². The number of allylic oxidation sites excluding steroid dienone is 1. The summed E-state index contributed by atoms with van der Waals surface area (Å²) in [7, 11) is 1.39. The van der Waals surface area contributed by atoms with Crippen molar-refractivity contribution in [3.8, 4) is 0 Å². The van der Waals surface area contributed by atoms with Gasteiger partial charge in [0.25, 0.3) is 0 Å². The van der Waals surface area contributed by atoms with Crippen molar-refractivity contribution in [2.45, 2.75) is 52.1 Å². The minimum atomic E-state index is -0.549. The van der Waals surface area contributed by atoms with Gasteiger partial charge in [0.2, 0.25) is 0 Å². The third-order valence-electron chi connectivity index (χ3n) is 4.97. The summed E-state index contributed by atoms with van der Waals surface area (Å²) in [5, 5.41) is 0. The minimum Gasteiger partial charge on any atom is -0.465 e. The Morgan fingerprint density at radius 2 is 1.75 bits per heavy atom. The van der Waals surface area contributed by atoms with Crippen LogP contribution in [0.25, 0.3) is 5.70 Å². The molecule has 6 heteroatoms. The van der Waals surface area contributed by atoms with E-state index < -0.39 is 5.60 Å². The quantitative estimate of drug-likeness (QED) is 0.719. The molecule has 6 nitrogen and oxygen atoms in total. The molecule has 0 aliphatic carbocycles. The number of hydrogen-bond acceptors (Lipinski definition) is 5. The van der Waals surface area contributed by atoms with Gasteiger partial charge in [0.05, 0.1) is 18.4 Å². The first kappa shape index (κ1) is 20.2. The molecule has 0 unspecified atom stereocenters. The van der Waals surface area contributed by atoms with Crippen molar-refractivity contribution in [3.05, 3.63) is 35.4 Å². The zero-order valence-electron chi connectivity index (χ0n) is 17.3. The molecule has 152 valence electrons. The molecule has 2 heterocycles. The lowest BCUT2D eigenvalue weighted by Gasteiger charge is -2.33. The van der Waals surface area contributed by atoms with E-state index in [1.54, 1.807) is 11.0 Å². The first-order valence-corrected chi connectivity index (χ1v) is 9.98. The molecule has 1 aromatic carbocycles. The highest BCUT2D eigenvalue weighted by atomic mass is 16.6. The van der Waals surface area contributed by atoms with Gasteiger partial charge in [0, 0.05) is 30.9 Å². The number of ether oxygens (including phenoxy) is 2. The largest absolute Gasteiger partial charge is 0.465 e. The number of rotatable bonds is 3. The van der Waals surface area contributed by atoms with E-state index >= 15 is 0 Å². The summed E-state index contributed by atoms with van der Waals surface area (Å²) in [5.74, 6) is -0.353. The average molecular weight is 386 g/mol. The molecular weight excluding hydrogens is 356 g/mol. The zero-order valence-corrected chi connectivity index (χ0v) is 17.3. The summed E-state index contributed by atoms with van der Waals surface area (Å²) in [6.45, 7) is 8.13. The van der Waals surface area contributed by atoms with E-state index in [0.717, 1.165) is 55.7 Å². The second-order valence-corrected chi connectivity index (χ2v) is 8.28. The second-order valence-electron chi connectivity index (χ2n) is 8.28. The van der Waals surface area contributed by atoms with E-state index in [-0.39, 0.29) is 12.1 Å². The minimum absolute atomic E-state index is 0.331. The molecule has 0 saturated carbocycles. The van der Waals surface area contributed by atoms with Crippen molar-refractivity contribution in [1.82, 2.24) is 4.90 Å². The Balaban J connectivity index is 2.00. The first-order valence-electron chi connectivity index (χ1n) is 9.98. The number of methoxy groups -OCH3 is 1. The summed E-state index contributed by atoms with van der Waals surface area (Å²) in [5.41, 5.74) is 2.76. The predicted molar refractivity (Wildman–Crippen MR) is 109 cm³/mol. The molecule has 2 aliphatic rings. The fourth-order valence-electron chi connectivity index (χ4n) is 3.69. The molecule has 0 aromatic heterocycles. The maximum absolute atomic E-state index is 12.8. The summed E-state index contributed by atoms with van der Waals surface area (Å²) < 4.78 is 10.5. The van der Waals surface area contributed by atoms with Gasteiger partial charge in [-0.2, -0.15) is 0 Å². The Morgan fingerprint density at radius 3 is 2.39 bits per heavy atom. The van der Waals surface area contributed by atoms with Crippen LogP contribution in [0, 0.1) is 0 Å². The van der Waals surface area contributed by atoms with Crippen LogP contribution in [-0.2, 0) is 9.47 Å². The predicted octanol–water partition coefficient (Wildman–Crippen LogP) is 4.45. The number of esters is 1. The molecule has 3 rings (SSSR count). The van der Waals surface area contributed by atoms with Crippen LogP contribution in [0.5, 0.6) is 0 Å². The van der Waals surface area contributed by atoms with Crippen LogP contribution in [0.1, 0.15) is 62.4 Å². The monoisotopic (exact) mass is 386 g/mol. The summed E-state index contributed by atoms with van der Waals surface area (Å²) >= 11 is 0. The SMILES string of the molecule is COC(=O)c1ccc(C2=CCCCN2C(=O)OC(C)(C)C)c(N2CCCC2)c1. The third-order valence-corrected chi connectivity index (χ3v) is 4.97. The van der Waals surface area contributed by atoms with E-state index in [1.165, 1.54) is 7.11 Å². The summed E-state index contributed by atoms with van der Waals surface area (Å²) in [6.07, 6.45) is 5.82. The standard InChI is InChI=1S/C22H30N2O4/c1-22(2,3)28-21(26)24-14-6-5-9-18(24)17-11-10-16(20(25)27-4)15-19(17)23-12-7-8-13-23/h9-11,15H,5-8,12-14H2,1-4H3. The third kappa shape index (κ3) is 4.49. The van der Waals surface area contributed by atoms with Gasteiger partial charge in [-0.05, 0) is 64.7 Å². The lowest BCUT2D eigenvalue weighted by Crippen LogP contribution is -2.38. The number of amides is 1. The van der Waals surface area contributed by atoms with E-state index in [9.17, 15) is 9.59 Å².